The van der Waals surface area contributed by atoms with Crippen LogP contribution in [0.5, 0.6) is 5.75 Å². The second-order valence-corrected chi connectivity index (χ2v) is 5.05. The van der Waals surface area contributed by atoms with Crippen LogP contribution in [0.25, 0.3) is 0 Å². The summed E-state index contributed by atoms with van der Waals surface area (Å²) < 4.78 is 5.68. The number of benzene rings is 1. The molecule has 0 atom stereocenters. The molecule has 2 rings (SSSR count). The van der Waals surface area contributed by atoms with Gasteiger partial charge in [0, 0.05) is 18.4 Å². The number of nitrogens with two attached hydrogens (primary N) is 1. The van der Waals surface area contributed by atoms with Crippen LogP contribution in [-0.4, -0.2) is 11.1 Å². The predicted molar refractivity (Wildman–Crippen MR) is 82.9 cm³/mol. The fraction of sp³-hybridized carbons (Fsp3) is 0.312. The summed E-state index contributed by atoms with van der Waals surface area (Å²) in [4.78, 5) is 4.27. The van der Waals surface area contributed by atoms with Gasteiger partial charge in [-0.05, 0) is 44.5 Å². The third-order valence-electron chi connectivity index (χ3n) is 2.88. The number of pyridine rings is 1. The molecule has 106 valence electrons. The summed E-state index contributed by atoms with van der Waals surface area (Å²) in [6.07, 6.45) is 1.97. The highest BCUT2D eigenvalue weighted by atomic mass is 16.5. The summed E-state index contributed by atoms with van der Waals surface area (Å²) in [5, 5.41) is 3.32. The second kappa shape index (κ2) is 6.28. The Bertz CT molecular complexity index is 564. The molecular weight excluding hydrogens is 250 g/mol. The van der Waals surface area contributed by atoms with Crippen molar-refractivity contribution in [2.24, 2.45) is 0 Å². The van der Waals surface area contributed by atoms with Gasteiger partial charge in [0.2, 0.25) is 0 Å². The molecule has 4 nitrogen and oxygen atoms in total. The van der Waals surface area contributed by atoms with Crippen molar-refractivity contribution < 1.29 is 4.74 Å². The maximum absolute atomic E-state index is 6.12. The third-order valence-corrected chi connectivity index (χ3v) is 2.88. The van der Waals surface area contributed by atoms with E-state index in [1.54, 1.807) is 0 Å². The number of aryl methyl sites for hydroxylation is 1. The van der Waals surface area contributed by atoms with Gasteiger partial charge in [-0.15, -0.1) is 0 Å². The monoisotopic (exact) mass is 271 g/mol. The molecule has 0 fully saturated rings. The molecule has 0 aliphatic carbocycles. The van der Waals surface area contributed by atoms with Gasteiger partial charge in [-0.1, -0.05) is 12.1 Å². The van der Waals surface area contributed by atoms with E-state index < -0.39 is 0 Å². The maximum Gasteiger partial charge on any atom is 0.144 e. The molecule has 1 aromatic heterocycles. The molecule has 0 bridgehead atoms. The molecule has 0 aliphatic rings. The Balaban J connectivity index is 2.07. The zero-order chi connectivity index (χ0) is 14.5. The van der Waals surface area contributed by atoms with E-state index in [1.165, 1.54) is 0 Å². The number of nitrogens with zero attached hydrogens (tertiary/aromatic N) is 1. The van der Waals surface area contributed by atoms with Gasteiger partial charge in [-0.2, -0.15) is 0 Å². The largest absolute Gasteiger partial charge is 0.489 e. The van der Waals surface area contributed by atoms with Gasteiger partial charge < -0.3 is 15.8 Å². The Labute approximate surface area is 120 Å². The zero-order valence-electron chi connectivity index (χ0n) is 12.2. The molecule has 0 unspecified atom stereocenters. The standard InChI is InChI=1S/C16H21N3O/c1-11(2)20-15-6-4-5-14(16(15)17)19-10-13-8-7-12(3)18-9-13/h4-9,11,19H,10,17H2,1-3H3. The van der Waals surface area contributed by atoms with Crippen molar-refractivity contribution in [2.75, 3.05) is 11.1 Å². The van der Waals surface area contributed by atoms with Crippen molar-refractivity contribution >= 4 is 11.4 Å². The third kappa shape index (κ3) is 3.63. The van der Waals surface area contributed by atoms with E-state index >= 15 is 0 Å². The summed E-state index contributed by atoms with van der Waals surface area (Å²) >= 11 is 0. The van der Waals surface area contributed by atoms with Crippen LogP contribution in [0, 0.1) is 6.92 Å². The van der Waals surface area contributed by atoms with E-state index in [-0.39, 0.29) is 6.10 Å². The number of para-hydroxylation sites is 1. The van der Waals surface area contributed by atoms with Crippen LogP contribution in [0.3, 0.4) is 0 Å². The van der Waals surface area contributed by atoms with Crippen molar-refractivity contribution in [3.05, 3.63) is 47.8 Å². The van der Waals surface area contributed by atoms with Crippen molar-refractivity contribution in [2.45, 2.75) is 33.4 Å². The van der Waals surface area contributed by atoms with Gasteiger partial charge in [-0.3, -0.25) is 4.98 Å². The molecule has 3 N–H and O–H groups in total. The predicted octanol–water partition coefficient (Wildman–Crippen LogP) is 3.37. The van der Waals surface area contributed by atoms with Crippen LogP contribution in [0.4, 0.5) is 11.4 Å². The second-order valence-electron chi connectivity index (χ2n) is 5.05. The maximum atomic E-state index is 6.12. The lowest BCUT2D eigenvalue weighted by Gasteiger charge is -2.15. The summed E-state index contributed by atoms with van der Waals surface area (Å²) in [6, 6.07) is 9.82. The average molecular weight is 271 g/mol. The number of nitrogen functional groups attached to an aromatic ring is 1. The molecular formula is C16H21N3O. The Kier molecular flexibility index (Phi) is 4.45. The lowest BCUT2D eigenvalue weighted by atomic mass is 10.2. The lowest BCUT2D eigenvalue weighted by molar-refractivity contribution is 0.244. The van der Waals surface area contributed by atoms with Gasteiger partial charge >= 0.3 is 0 Å². The van der Waals surface area contributed by atoms with Gasteiger partial charge in [0.05, 0.1) is 17.5 Å². The molecule has 0 saturated heterocycles. The first kappa shape index (κ1) is 14.2. The molecule has 0 aliphatic heterocycles. The van der Waals surface area contributed by atoms with E-state index in [2.05, 4.69) is 16.4 Å². The highest BCUT2D eigenvalue weighted by molar-refractivity contribution is 5.72. The van der Waals surface area contributed by atoms with Crippen molar-refractivity contribution in [1.29, 1.82) is 0 Å². The lowest BCUT2D eigenvalue weighted by Crippen LogP contribution is -2.09. The molecule has 0 radical (unpaired) electrons. The minimum Gasteiger partial charge on any atom is -0.489 e. The highest BCUT2D eigenvalue weighted by Crippen LogP contribution is 2.30. The molecule has 1 aromatic carbocycles. The Hall–Kier alpha value is -2.23. The van der Waals surface area contributed by atoms with Crippen LogP contribution < -0.4 is 15.8 Å². The van der Waals surface area contributed by atoms with E-state index in [4.69, 9.17) is 10.5 Å². The SMILES string of the molecule is Cc1ccc(CNc2cccc(OC(C)C)c2N)cn1. The molecule has 0 saturated carbocycles. The van der Waals surface area contributed by atoms with Crippen LogP contribution in [0.15, 0.2) is 36.5 Å². The number of nitrogens with one attached hydrogen (secondary N) is 1. The number of ether oxygens (including phenoxy) is 1. The first-order chi connectivity index (χ1) is 9.56. The van der Waals surface area contributed by atoms with E-state index in [9.17, 15) is 0 Å². The quantitative estimate of drug-likeness (QED) is 0.818. The Morgan fingerprint density at radius 1 is 1.25 bits per heavy atom. The number of anilines is 2. The van der Waals surface area contributed by atoms with Crippen LogP contribution in [0.1, 0.15) is 25.1 Å². The topological polar surface area (TPSA) is 60.2 Å². The molecule has 20 heavy (non-hydrogen) atoms. The summed E-state index contributed by atoms with van der Waals surface area (Å²) in [5.74, 6) is 0.715. The van der Waals surface area contributed by atoms with Gasteiger partial charge in [-0.25, -0.2) is 0 Å². The van der Waals surface area contributed by atoms with E-state index in [0.717, 1.165) is 16.9 Å². The first-order valence-electron chi connectivity index (χ1n) is 6.77. The summed E-state index contributed by atoms with van der Waals surface area (Å²) in [6.45, 7) is 6.62. The normalized spacial score (nSPS) is 10.6. The first-order valence-corrected chi connectivity index (χ1v) is 6.77. The van der Waals surface area contributed by atoms with Crippen LogP contribution in [0.2, 0.25) is 0 Å². The number of rotatable bonds is 5. The van der Waals surface area contributed by atoms with E-state index in [0.29, 0.717) is 18.0 Å². The van der Waals surface area contributed by atoms with Crippen molar-refractivity contribution in [1.82, 2.24) is 4.98 Å². The molecule has 0 amide bonds. The summed E-state index contributed by atoms with van der Waals surface area (Å²) in [5.41, 5.74) is 9.77. The molecule has 2 aromatic rings. The average Bonchev–Trinajstić information content (AvgIpc) is 2.41. The Morgan fingerprint density at radius 2 is 2.05 bits per heavy atom. The molecule has 1 heterocycles. The van der Waals surface area contributed by atoms with Gasteiger partial charge in [0.1, 0.15) is 5.75 Å². The zero-order valence-corrected chi connectivity index (χ0v) is 12.2. The van der Waals surface area contributed by atoms with Crippen molar-refractivity contribution in [3.8, 4) is 5.75 Å². The number of aromatic nitrogens is 1. The van der Waals surface area contributed by atoms with E-state index in [1.807, 2.05) is 51.2 Å². The molecule has 0 spiro atoms. The Morgan fingerprint density at radius 3 is 2.70 bits per heavy atom. The summed E-state index contributed by atoms with van der Waals surface area (Å²) in [7, 11) is 0. The minimum absolute atomic E-state index is 0.105. The van der Waals surface area contributed by atoms with Crippen LogP contribution >= 0.6 is 0 Å². The number of hydrogen-bond acceptors (Lipinski definition) is 4. The fourth-order valence-corrected chi connectivity index (χ4v) is 1.86. The smallest absolute Gasteiger partial charge is 0.144 e. The minimum atomic E-state index is 0.105. The fourth-order valence-electron chi connectivity index (χ4n) is 1.86. The number of hydrogen-bond donors (Lipinski definition) is 2. The molecule has 4 heteroatoms. The van der Waals surface area contributed by atoms with Gasteiger partial charge in [0.15, 0.2) is 0 Å². The van der Waals surface area contributed by atoms with Crippen LogP contribution in [-0.2, 0) is 6.54 Å². The van der Waals surface area contributed by atoms with Crippen molar-refractivity contribution in [3.63, 3.8) is 0 Å². The van der Waals surface area contributed by atoms with Gasteiger partial charge in [0.25, 0.3) is 0 Å². The highest BCUT2D eigenvalue weighted by Gasteiger charge is 2.07.